The minimum Gasteiger partial charge on any atom is -0.872 e. The number of hydrazone groups is 1. The fourth-order valence-corrected chi connectivity index (χ4v) is 1.61. The summed E-state index contributed by atoms with van der Waals surface area (Å²) in [6.45, 7) is 0. The molecule has 0 heterocycles. The van der Waals surface area contributed by atoms with E-state index in [0.717, 1.165) is 30.5 Å². The molecule has 0 aromatic heterocycles. The number of rotatable bonds is 4. The van der Waals surface area contributed by atoms with Crippen LogP contribution >= 0.6 is 0 Å². The third-order valence-electron chi connectivity index (χ3n) is 2.66. The van der Waals surface area contributed by atoms with E-state index in [2.05, 4.69) is 10.5 Å². The highest BCUT2D eigenvalue weighted by Crippen LogP contribution is 2.18. The van der Waals surface area contributed by atoms with E-state index in [1.54, 1.807) is 0 Å². The first-order valence-electron chi connectivity index (χ1n) is 6.02. The second-order valence-corrected chi connectivity index (χ2v) is 4.19. The number of nitro benzene ring substituents is 1. The zero-order valence-electron chi connectivity index (χ0n) is 11.0. The van der Waals surface area contributed by atoms with E-state index < -0.39 is 22.4 Å². The molecule has 0 unspecified atom stereocenters. The Balaban J connectivity index is 2.11. The van der Waals surface area contributed by atoms with Crippen molar-refractivity contribution in [3.63, 3.8) is 0 Å². The van der Waals surface area contributed by atoms with Crippen molar-refractivity contribution >= 4 is 17.8 Å². The average molecular weight is 302 g/mol. The summed E-state index contributed by atoms with van der Waals surface area (Å²) in [5.74, 6) is -1.72. The molecule has 0 fully saturated rings. The molecule has 8 heteroatoms. The molecule has 0 bridgehead atoms. The lowest BCUT2D eigenvalue weighted by atomic mass is 10.2. The first kappa shape index (κ1) is 15.1. The van der Waals surface area contributed by atoms with Crippen LogP contribution in [0.1, 0.15) is 15.9 Å². The Bertz CT molecular complexity index is 762. The Hall–Kier alpha value is -3.29. The number of nitrogens with one attached hydrogen (secondary N) is 1. The van der Waals surface area contributed by atoms with Crippen molar-refractivity contribution in [1.29, 1.82) is 0 Å². The fourth-order valence-electron chi connectivity index (χ4n) is 1.61. The molecule has 2 rings (SSSR count). The number of halogens is 1. The van der Waals surface area contributed by atoms with Crippen molar-refractivity contribution in [1.82, 2.24) is 5.43 Å². The fraction of sp³-hybridized carbons (Fsp3) is 0. The molecule has 0 radical (unpaired) electrons. The van der Waals surface area contributed by atoms with Crippen molar-refractivity contribution in [2.45, 2.75) is 0 Å². The van der Waals surface area contributed by atoms with Crippen molar-refractivity contribution in [3.8, 4) is 5.75 Å². The topological polar surface area (TPSA) is 108 Å². The number of nitro groups is 1. The number of hydrogen-bond donors (Lipinski definition) is 1. The van der Waals surface area contributed by atoms with Crippen LogP contribution in [-0.4, -0.2) is 17.0 Å². The van der Waals surface area contributed by atoms with Crippen molar-refractivity contribution < 1.29 is 19.2 Å². The second kappa shape index (κ2) is 6.44. The van der Waals surface area contributed by atoms with Gasteiger partial charge in [-0.3, -0.25) is 14.9 Å². The van der Waals surface area contributed by atoms with Gasteiger partial charge in [0.2, 0.25) is 0 Å². The van der Waals surface area contributed by atoms with Gasteiger partial charge in [0, 0.05) is 17.7 Å². The van der Waals surface area contributed by atoms with Gasteiger partial charge in [0.05, 0.1) is 11.1 Å². The summed E-state index contributed by atoms with van der Waals surface area (Å²) in [6.07, 6.45) is 0.993. The molecule has 0 atom stereocenters. The van der Waals surface area contributed by atoms with E-state index in [0.29, 0.717) is 0 Å². The molecule has 0 spiro atoms. The summed E-state index contributed by atoms with van der Waals surface area (Å²) in [6, 6.07) is 8.12. The van der Waals surface area contributed by atoms with Crippen LogP contribution in [0, 0.1) is 15.9 Å². The quantitative estimate of drug-likeness (QED) is 0.525. The van der Waals surface area contributed by atoms with Gasteiger partial charge in [-0.2, -0.15) is 5.10 Å². The number of carbonyl (C=O) groups excluding carboxylic acids is 1. The van der Waals surface area contributed by atoms with E-state index in [9.17, 15) is 24.4 Å². The Labute approximate surface area is 123 Å². The molecule has 2 aromatic rings. The minimum absolute atomic E-state index is 0.0475. The molecule has 0 saturated heterocycles. The SMILES string of the molecule is O=C(N/N=C\c1cc([N+](=O)[O-])ccc1[O-])c1cccc(F)c1. The van der Waals surface area contributed by atoms with E-state index in [1.165, 1.54) is 18.2 Å². The predicted octanol–water partition coefficient (Wildman–Crippen LogP) is 1.57. The smallest absolute Gasteiger partial charge is 0.271 e. The summed E-state index contributed by atoms with van der Waals surface area (Å²) >= 11 is 0. The monoisotopic (exact) mass is 302 g/mol. The summed E-state index contributed by atoms with van der Waals surface area (Å²) in [5.41, 5.74) is 1.85. The number of non-ortho nitro benzene ring substituents is 1. The number of nitrogens with zero attached hydrogens (tertiary/aromatic N) is 2. The van der Waals surface area contributed by atoms with Crippen LogP contribution in [0.25, 0.3) is 0 Å². The van der Waals surface area contributed by atoms with Gasteiger partial charge in [0.25, 0.3) is 11.6 Å². The van der Waals surface area contributed by atoms with Gasteiger partial charge in [0.1, 0.15) is 5.82 Å². The highest BCUT2D eigenvalue weighted by molar-refractivity contribution is 5.95. The molecule has 0 saturated carbocycles. The third kappa shape index (κ3) is 3.63. The molecule has 0 aliphatic carbocycles. The zero-order chi connectivity index (χ0) is 16.1. The Kier molecular flexibility index (Phi) is 4.42. The largest absolute Gasteiger partial charge is 0.872 e. The lowest BCUT2D eigenvalue weighted by Crippen LogP contribution is -2.17. The minimum atomic E-state index is -0.673. The molecular weight excluding hydrogens is 293 g/mol. The zero-order valence-corrected chi connectivity index (χ0v) is 11.0. The van der Waals surface area contributed by atoms with Gasteiger partial charge in [0.15, 0.2) is 0 Å². The first-order valence-corrected chi connectivity index (χ1v) is 6.02. The van der Waals surface area contributed by atoms with Crippen LogP contribution in [0.4, 0.5) is 10.1 Å². The van der Waals surface area contributed by atoms with Gasteiger partial charge >= 0.3 is 0 Å². The van der Waals surface area contributed by atoms with E-state index in [-0.39, 0.29) is 16.8 Å². The third-order valence-corrected chi connectivity index (χ3v) is 2.66. The van der Waals surface area contributed by atoms with Gasteiger partial charge < -0.3 is 5.11 Å². The van der Waals surface area contributed by atoms with Crippen LogP contribution in [0.15, 0.2) is 47.6 Å². The Morgan fingerprint density at radius 2 is 2.05 bits per heavy atom. The lowest BCUT2D eigenvalue weighted by molar-refractivity contribution is -0.385. The van der Waals surface area contributed by atoms with Crippen LogP contribution in [0.3, 0.4) is 0 Å². The summed E-state index contributed by atoms with van der Waals surface area (Å²) in [7, 11) is 0. The number of hydrogen-bond acceptors (Lipinski definition) is 5. The molecule has 1 N–H and O–H groups in total. The van der Waals surface area contributed by atoms with Crippen LogP contribution in [-0.2, 0) is 0 Å². The number of carbonyl (C=O) groups is 1. The molecule has 7 nitrogen and oxygen atoms in total. The first-order chi connectivity index (χ1) is 10.5. The van der Waals surface area contributed by atoms with Crippen molar-refractivity contribution in [2.24, 2.45) is 5.10 Å². The highest BCUT2D eigenvalue weighted by Gasteiger charge is 2.06. The van der Waals surface area contributed by atoms with Crippen LogP contribution in [0.5, 0.6) is 5.75 Å². The van der Waals surface area contributed by atoms with Crippen LogP contribution in [0.2, 0.25) is 0 Å². The Morgan fingerprint density at radius 1 is 1.27 bits per heavy atom. The van der Waals surface area contributed by atoms with Gasteiger partial charge in [-0.1, -0.05) is 17.9 Å². The molecule has 22 heavy (non-hydrogen) atoms. The lowest BCUT2D eigenvalue weighted by Gasteiger charge is -2.08. The average Bonchev–Trinajstić information content (AvgIpc) is 2.48. The van der Waals surface area contributed by atoms with E-state index >= 15 is 0 Å². The summed E-state index contributed by atoms with van der Waals surface area (Å²) in [4.78, 5) is 21.6. The normalized spacial score (nSPS) is 10.6. The summed E-state index contributed by atoms with van der Waals surface area (Å²) in [5, 5.41) is 25.7. The van der Waals surface area contributed by atoms with Crippen LogP contribution < -0.4 is 10.5 Å². The van der Waals surface area contributed by atoms with Gasteiger partial charge in [-0.15, -0.1) is 0 Å². The maximum Gasteiger partial charge on any atom is 0.271 e. The second-order valence-electron chi connectivity index (χ2n) is 4.19. The molecular formula is C14H9FN3O4-. The molecule has 0 aliphatic heterocycles. The maximum atomic E-state index is 13.0. The van der Waals surface area contributed by atoms with Gasteiger partial charge in [-0.05, 0) is 23.8 Å². The predicted molar refractivity (Wildman–Crippen MR) is 74.0 cm³/mol. The molecule has 2 aromatic carbocycles. The molecule has 1 amide bonds. The maximum absolute atomic E-state index is 13.0. The van der Waals surface area contributed by atoms with E-state index in [1.807, 2.05) is 0 Å². The van der Waals surface area contributed by atoms with Crippen molar-refractivity contribution in [2.75, 3.05) is 0 Å². The van der Waals surface area contributed by atoms with Crippen molar-refractivity contribution in [3.05, 3.63) is 69.5 Å². The summed E-state index contributed by atoms with van der Waals surface area (Å²) < 4.78 is 13.0. The standard InChI is InChI=1S/C14H10FN3O4/c15-11-3-1-2-9(6-11)14(20)17-16-8-10-7-12(18(21)22)4-5-13(10)19/h1-8,19H,(H,17,20)/p-1/b16-8-. The number of benzene rings is 2. The highest BCUT2D eigenvalue weighted by atomic mass is 19.1. The van der Waals surface area contributed by atoms with Gasteiger partial charge in [-0.25, -0.2) is 9.82 Å². The number of amides is 1. The molecule has 0 aliphatic rings. The molecule has 112 valence electrons. The van der Waals surface area contributed by atoms with E-state index in [4.69, 9.17) is 0 Å². The Morgan fingerprint density at radius 3 is 2.73 bits per heavy atom.